The highest BCUT2D eigenvalue weighted by atomic mass is 35.5. The van der Waals surface area contributed by atoms with E-state index in [9.17, 15) is 0 Å². The number of rotatable bonds is 20. The van der Waals surface area contributed by atoms with Gasteiger partial charge in [0.05, 0.1) is 0 Å². The first-order valence-electron chi connectivity index (χ1n) is 11.6. The van der Waals surface area contributed by atoms with Gasteiger partial charge in [-0.2, -0.15) is 0 Å². The van der Waals surface area contributed by atoms with Gasteiger partial charge in [-0.3, -0.25) is 0 Å². The molecule has 0 aromatic rings. The number of halogens is 4. The summed E-state index contributed by atoms with van der Waals surface area (Å²) in [4.78, 5) is -0.623. The molecule has 4 heteroatoms. The Hall–Kier alpha value is 1.16. The summed E-state index contributed by atoms with van der Waals surface area (Å²) in [5, 5.41) is 0. The van der Waals surface area contributed by atoms with Crippen molar-refractivity contribution in [2.75, 3.05) is 0 Å². The van der Waals surface area contributed by atoms with Gasteiger partial charge in [0.1, 0.15) is 9.67 Å². The van der Waals surface area contributed by atoms with Crippen LogP contribution in [0.25, 0.3) is 0 Å². The van der Waals surface area contributed by atoms with Crippen molar-refractivity contribution in [3.63, 3.8) is 0 Å². The van der Waals surface area contributed by atoms with E-state index in [1.165, 1.54) is 89.9 Å². The topological polar surface area (TPSA) is 0 Å². The van der Waals surface area contributed by atoms with Crippen molar-refractivity contribution in [2.45, 2.75) is 133 Å². The molecule has 0 aliphatic heterocycles. The van der Waals surface area contributed by atoms with E-state index in [4.69, 9.17) is 46.4 Å². The smallest absolute Gasteiger partial charge is 0.105 e. The van der Waals surface area contributed by atoms with E-state index in [0.717, 1.165) is 19.3 Å². The molecule has 0 N–H and O–H groups in total. The quantitative estimate of drug-likeness (QED) is 0.125. The third kappa shape index (κ3) is 17.7. The zero-order valence-electron chi connectivity index (χ0n) is 17.8. The van der Waals surface area contributed by atoms with E-state index in [-0.39, 0.29) is 9.67 Å². The number of unbranched alkanes of at least 4 members (excludes halogenated alkanes) is 12. The summed E-state index contributed by atoms with van der Waals surface area (Å²) < 4.78 is 0. The van der Waals surface area contributed by atoms with Gasteiger partial charge in [0.25, 0.3) is 0 Å². The molecule has 0 bridgehead atoms. The van der Waals surface area contributed by atoms with Gasteiger partial charge < -0.3 is 0 Å². The van der Waals surface area contributed by atoms with Crippen molar-refractivity contribution >= 4 is 46.4 Å². The van der Waals surface area contributed by atoms with Crippen LogP contribution in [0.5, 0.6) is 0 Å². The second-order valence-corrected chi connectivity index (χ2v) is 10.6. The average molecular weight is 462 g/mol. The van der Waals surface area contributed by atoms with E-state index in [1.807, 2.05) is 0 Å². The number of alkyl halides is 4. The molecule has 0 heterocycles. The summed E-state index contributed by atoms with van der Waals surface area (Å²) in [6.07, 6.45) is 21.6. The lowest BCUT2D eigenvalue weighted by Gasteiger charge is -2.25. The summed E-state index contributed by atoms with van der Waals surface area (Å²) in [7, 11) is 0. The lowest BCUT2D eigenvalue weighted by Crippen LogP contribution is -2.19. The fraction of sp³-hybridized carbons (Fsp3) is 1.00. The Morgan fingerprint density at radius 3 is 1.04 bits per heavy atom. The normalized spacial score (nSPS) is 14.2. The highest BCUT2D eigenvalue weighted by Crippen LogP contribution is 2.34. The molecule has 0 radical (unpaired) electrons. The predicted molar refractivity (Wildman–Crippen MR) is 128 cm³/mol. The first kappa shape index (κ1) is 28.2. The third-order valence-corrected chi connectivity index (χ3v) is 7.10. The largest absolute Gasteiger partial charge is 0.110 e. The third-order valence-electron chi connectivity index (χ3n) is 5.68. The monoisotopic (exact) mass is 460 g/mol. The van der Waals surface area contributed by atoms with Crippen LogP contribution >= 0.6 is 46.4 Å². The van der Waals surface area contributed by atoms with Gasteiger partial charge in [0.2, 0.25) is 0 Å². The summed E-state index contributed by atoms with van der Waals surface area (Å²) in [5.41, 5.74) is 0. The first-order chi connectivity index (χ1) is 13.0. The van der Waals surface area contributed by atoms with Gasteiger partial charge >= 0.3 is 0 Å². The molecule has 0 nitrogen and oxygen atoms in total. The fourth-order valence-electron chi connectivity index (χ4n) is 3.81. The molecular weight excluding hydrogens is 418 g/mol. The average Bonchev–Trinajstić information content (AvgIpc) is 2.63. The van der Waals surface area contributed by atoms with Crippen LogP contribution in [0.4, 0.5) is 0 Å². The summed E-state index contributed by atoms with van der Waals surface area (Å²) in [6, 6.07) is 0. The van der Waals surface area contributed by atoms with Crippen LogP contribution in [-0.2, 0) is 0 Å². The minimum absolute atomic E-state index is 0.311. The first-order valence-corrected chi connectivity index (χ1v) is 13.3. The maximum absolute atomic E-state index is 6.29. The Balaban J connectivity index is 4.04. The lowest BCUT2D eigenvalue weighted by molar-refractivity contribution is 0.344. The van der Waals surface area contributed by atoms with E-state index >= 15 is 0 Å². The molecular formula is C23H44Cl4. The summed E-state index contributed by atoms with van der Waals surface area (Å²) >= 11 is 25.1. The van der Waals surface area contributed by atoms with Crippen LogP contribution in [0.1, 0.15) is 123 Å². The Kier molecular flexibility index (Phi) is 21.3. The van der Waals surface area contributed by atoms with Crippen LogP contribution in [-0.4, -0.2) is 9.67 Å². The van der Waals surface area contributed by atoms with Gasteiger partial charge in [-0.15, -0.1) is 46.4 Å². The van der Waals surface area contributed by atoms with E-state index in [2.05, 4.69) is 13.8 Å². The van der Waals surface area contributed by atoms with Crippen molar-refractivity contribution < 1.29 is 0 Å². The van der Waals surface area contributed by atoms with Gasteiger partial charge in [-0.05, 0) is 31.1 Å². The molecule has 27 heavy (non-hydrogen) atoms. The van der Waals surface area contributed by atoms with Gasteiger partial charge in [0.15, 0.2) is 0 Å². The predicted octanol–water partition coefficient (Wildman–Crippen LogP) is 10.5. The number of hydrogen-bond donors (Lipinski definition) is 0. The SMILES string of the molecule is CCCCCCCCCC(CC(CCCCCCCCC)C(Cl)Cl)C(Cl)Cl. The molecule has 0 aliphatic carbocycles. The standard InChI is InChI=1S/C23H44Cl4/c1-3-5-7-9-11-13-15-17-20(22(24)25)19-21(23(26)27)18-16-14-12-10-8-6-4-2/h20-23H,3-19H2,1-2H3. The van der Waals surface area contributed by atoms with E-state index in [1.54, 1.807) is 0 Å². The minimum Gasteiger partial charge on any atom is -0.105 e. The second-order valence-electron chi connectivity index (χ2n) is 8.24. The highest BCUT2D eigenvalue weighted by Gasteiger charge is 2.25. The Labute approximate surface area is 190 Å². The van der Waals surface area contributed by atoms with Crippen molar-refractivity contribution in [1.29, 1.82) is 0 Å². The molecule has 0 rings (SSSR count). The van der Waals surface area contributed by atoms with Crippen molar-refractivity contribution in [2.24, 2.45) is 11.8 Å². The Morgan fingerprint density at radius 2 is 0.741 bits per heavy atom. The molecule has 0 aromatic carbocycles. The van der Waals surface area contributed by atoms with E-state index < -0.39 is 0 Å². The molecule has 0 saturated carbocycles. The molecule has 0 saturated heterocycles. The molecule has 164 valence electrons. The van der Waals surface area contributed by atoms with Crippen LogP contribution in [0.15, 0.2) is 0 Å². The molecule has 0 amide bonds. The Bertz CT molecular complexity index is 266. The van der Waals surface area contributed by atoms with Crippen LogP contribution in [0.2, 0.25) is 0 Å². The Morgan fingerprint density at radius 1 is 0.444 bits per heavy atom. The molecule has 0 fully saturated rings. The van der Waals surface area contributed by atoms with Crippen molar-refractivity contribution in [3.05, 3.63) is 0 Å². The number of hydrogen-bond acceptors (Lipinski definition) is 0. The molecule has 0 spiro atoms. The molecule has 2 atom stereocenters. The van der Waals surface area contributed by atoms with E-state index in [0.29, 0.717) is 11.8 Å². The van der Waals surface area contributed by atoms with Crippen LogP contribution < -0.4 is 0 Å². The second kappa shape index (κ2) is 20.4. The van der Waals surface area contributed by atoms with Crippen molar-refractivity contribution in [1.82, 2.24) is 0 Å². The van der Waals surface area contributed by atoms with Crippen molar-refractivity contribution in [3.8, 4) is 0 Å². The van der Waals surface area contributed by atoms with Gasteiger partial charge in [0, 0.05) is 0 Å². The zero-order chi connectivity index (χ0) is 20.3. The lowest BCUT2D eigenvalue weighted by atomic mass is 9.88. The zero-order valence-corrected chi connectivity index (χ0v) is 20.9. The summed E-state index contributed by atoms with van der Waals surface area (Å²) in [5.74, 6) is 0.636. The molecule has 0 aromatic heterocycles. The molecule has 2 unspecified atom stereocenters. The fourth-order valence-corrected chi connectivity index (χ4v) is 4.72. The van der Waals surface area contributed by atoms with Gasteiger partial charge in [-0.1, -0.05) is 104 Å². The minimum atomic E-state index is -0.311. The summed E-state index contributed by atoms with van der Waals surface area (Å²) in [6.45, 7) is 4.52. The van der Waals surface area contributed by atoms with Crippen LogP contribution in [0, 0.1) is 11.8 Å². The van der Waals surface area contributed by atoms with Crippen LogP contribution in [0.3, 0.4) is 0 Å². The molecule has 0 aliphatic rings. The highest BCUT2D eigenvalue weighted by molar-refractivity contribution is 6.45. The van der Waals surface area contributed by atoms with Gasteiger partial charge in [-0.25, -0.2) is 0 Å². The maximum atomic E-state index is 6.29. The maximum Gasteiger partial charge on any atom is 0.110 e.